The summed E-state index contributed by atoms with van der Waals surface area (Å²) in [7, 11) is 0. The van der Waals surface area contributed by atoms with Gasteiger partial charge in [0.25, 0.3) is 0 Å². The molecule has 0 unspecified atom stereocenters. The molecule has 0 bridgehead atoms. The van der Waals surface area contributed by atoms with E-state index in [-0.39, 0.29) is 12.4 Å². The van der Waals surface area contributed by atoms with Crippen LogP contribution < -0.4 is 9.47 Å². The van der Waals surface area contributed by atoms with E-state index in [0.29, 0.717) is 12.5 Å². The Balaban J connectivity index is 2.33. The number of alkyl halides is 3. The van der Waals surface area contributed by atoms with Crippen LogP contribution in [0.3, 0.4) is 0 Å². The van der Waals surface area contributed by atoms with Gasteiger partial charge < -0.3 is 14.6 Å². The predicted molar refractivity (Wildman–Crippen MR) is 85.1 cm³/mol. The number of benzene rings is 2. The van der Waals surface area contributed by atoms with E-state index in [1.807, 2.05) is 6.92 Å². The van der Waals surface area contributed by atoms with Crippen molar-refractivity contribution in [2.24, 2.45) is 0 Å². The summed E-state index contributed by atoms with van der Waals surface area (Å²) in [4.78, 5) is 0. The lowest BCUT2D eigenvalue weighted by molar-refractivity contribution is -0.275. The molecular weight excluding hydrogens is 378 g/mol. The Morgan fingerprint density at radius 1 is 0.852 bits per heavy atom. The normalized spacial score (nSPS) is 11.5. The third-order valence-corrected chi connectivity index (χ3v) is 3.65. The quantitative estimate of drug-likeness (QED) is 0.466. The summed E-state index contributed by atoms with van der Waals surface area (Å²) in [6.45, 7) is 2.14. The van der Waals surface area contributed by atoms with Crippen LogP contribution in [0.5, 0.6) is 17.2 Å². The van der Waals surface area contributed by atoms with E-state index in [2.05, 4.69) is 4.74 Å². The van der Waals surface area contributed by atoms with Gasteiger partial charge in [-0.25, -0.2) is 4.39 Å². The van der Waals surface area contributed by atoms with Crippen LogP contribution in [0.2, 0.25) is 0 Å². The first-order valence-electron chi connectivity index (χ1n) is 8.04. The van der Waals surface area contributed by atoms with Crippen LogP contribution in [0.15, 0.2) is 24.3 Å². The van der Waals surface area contributed by atoms with Crippen LogP contribution in [0.1, 0.15) is 26.2 Å². The van der Waals surface area contributed by atoms with Crippen molar-refractivity contribution in [1.29, 1.82) is 0 Å². The lowest BCUT2D eigenvalue weighted by Gasteiger charge is -2.14. The van der Waals surface area contributed by atoms with E-state index in [9.17, 15) is 31.4 Å². The third kappa shape index (κ3) is 4.99. The Morgan fingerprint density at radius 3 is 2.11 bits per heavy atom. The Labute approximate surface area is 151 Å². The van der Waals surface area contributed by atoms with Gasteiger partial charge in [-0.15, -0.1) is 13.2 Å². The van der Waals surface area contributed by atoms with E-state index in [4.69, 9.17) is 4.74 Å². The average Bonchev–Trinajstić information content (AvgIpc) is 2.59. The van der Waals surface area contributed by atoms with Crippen molar-refractivity contribution in [2.75, 3.05) is 6.61 Å². The number of hydrogen-bond donors (Lipinski definition) is 1. The van der Waals surface area contributed by atoms with Crippen molar-refractivity contribution in [3.05, 3.63) is 41.7 Å². The first-order valence-corrected chi connectivity index (χ1v) is 8.04. The summed E-state index contributed by atoms with van der Waals surface area (Å²) in [5.41, 5.74) is -1.07. The second-order valence-corrected chi connectivity index (χ2v) is 5.62. The number of halogens is 6. The zero-order valence-corrected chi connectivity index (χ0v) is 14.2. The average molecular weight is 394 g/mol. The van der Waals surface area contributed by atoms with Gasteiger partial charge in [-0.2, -0.15) is 8.78 Å². The first-order chi connectivity index (χ1) is 12.7. The summed E-state index contributed by atoms with van der Waals surface area (Å²) < 4.78 is 87.5. The fraction of sp³-hybridized carbons (Fsp3) is 0.333. The van der Waals surface area contributed by atoms with E-state index in [1.54, 1.807) is 0 Å². The van der Waals surface area contributed by atoms with E-state index < -0.39 is 46.4 Å². The molecule has 0 aliphatic rings. The molecular formula is C18H16F6O3. The molecule has 0 aromatic heterocycles. The molecule has 27 heavy (non-hydrogen) atoms. The lowest BCUT2D eigenvalue weighted by atomic mass is 10.0. The molecule has 0 saturated carbocycles. The molecule has 0 saturated heterocycles. The van der Waals surface area contributed by atoms with Gasteiger partial charge in [0.1, 0.15) is 0 Å². The topological polar surface area (TPSA) is 38.7 Å². The maximum Gasteiger partial charge on any atom is 0.573 e. The fourth-order valence-corrected chi connectivity index (χ4v) is 2.35. The summed E-state index contributed by atoms with van der Waals surface area (Å²) in [6, 6.07) is 3.48. The molecule has 0 heterocycles. The van der Waals surface area contributed by atoms with E-state index >= 15 is 0 Å². The SMILES string of the molecule is CCCCCOc1ccc(-c2ccc(OC(F)(F)F)c(F)c2O)c(F)c1F. The minimum Gasteiger partial charge on any atom is -0.504 e. The van der Waals surface area contributed by atoms with Crippen molar-refractivity contribution in [2.45, 2.75) is 32.5 Å². The van der Waals surface area contributed by atoms with Gasteiger partial charge in [0.05, 0.1) is 6.61 Å². The smallest absolute Gasteiger partial charge is 0.504 e. The summed E-state index contributed by atoms with van der Waals surface area (Å²) in [6.07, 6.45) is -2.77. The van der Waals surface area contributed by atoms with Gasteiger partial charge in [0.2, 0.25) is 11.6 Å². The Morgan fingerprint density at radius 2 is 1.48 bits per heavy atom. The zero-order valence-electron chi connectivity index (χ0n) is 14.2. The van der Waals surface area contributed by atoms with Gasteiger partial charge in [0, 0.05) is 11.1 Å². The number of ether oxygens (including phenoxy) is 2. The number of phenolic OH excluding ortho intramolecular Hbond substituents is 1. The van der Waals surface area contributed by atoms with Gasteiger partial charge in [-0.1, -0.05) is 19.8 Å². The van der Waals surface area contributed by atoms with Crippen molar-refractivity contribution in [3.8, 4) is 28.4 Å². The van der Waals surface area contributed by atoms with Gasteiger partial charge in [-0.05, 0) is 30.7 Å². The maximum atomic E-state index is 14.3. The molecule has 0 aliphatic heterocycles. The van der Waals surface area contributed by atoms with E-state index in [0.717, 1.165) is 31.0 Å². The molecule has 2 aromatic carbocycles. The molecule has 1 N–H and O–H groups in total. The van der Waals surface area contributed by atoms with Crippen molar-refractivity contribution < 1.29 is 40.9 Å². The highest BCUT2D eigenvalue weighted by Crippen LogP contribution is 2.40. The molecule has 0 spiro atoms. The molecule has 9 heteroatoms. The van der Waals surface area contributed by atoms with Crippen molar-refractivity contribution in [1.82, 2.24) is 0 Å². The second-order valence-electron chi connectivity index (χ2n) is 5.62. The zero-order chi connectivity index (χ0) is 20.2. The molecule has 2 rings (SSSR count). The molecule has 0 fully saturated rings. The second kappa shape index (κ2) is 8.41. The largest absolute Gasteiger partial charge is 0.573 e. The number of rotatable bonds is 7. The fourth-order valence-electron chi connectivity index (χ4n) is 2.35. The molecule has 0 radical (unpaired) electrons. The monoisotopic (exact) mass is 394 g/mol. The molecule has 0 aliphatic carbocycles. The predicted octanol–water partition coefficient (Wildman–Crippen LogP) is 5.94. The molecule has 0 atom stereocenters. The summed E-state index contributed by atoms with van der Waals surface area (Å²) in [5.74, 6) is -7.47. The number of unbranched alkanes of at least 4 members (excludes halogenated alkanes) is 2. The van der Waals surface area contributed by atoms with Crippen LogP contribution >= 0.6 is 0 Å². The molecule has 2 aromatic rings. The van der Waals surface area contributed by atoms with Gasteiger partial charge in [-0.3, -0.25) is 0 Å². The Hall–Kier alpha value is -2.58. The van der Waals surface area contributed by atoms with Crippen LogP contribution in [0, 0.1) is 17.5 Å². The van der Waals surface area contributed by atoms with Crippen LogP contribution in [0.25, 0.3) is 11.1 Å². The standard InChI is InChI=1S/C18H16F6O3/c1-2-3-4-9-26-12-7-5-10(14(19)15(12)20)11-6-8-13(16(21)17(11)25)27-18(22,23)24/h5-8,25H,2-4,9H2,1H3. The first kappa shape index (κ1) is 20.7. The van der Waals surface area contributed by atoms with Crippen LogP contribution in [0.4, 0.5) is 26.3 Å². The van der Waals surface area contributed by atoms with Crippen LogP contribution in [-0.4, -0.2) is 18.1 Å². The molecule has 148 valence electrons. The molecule has 0 amide bonds. The summed E-state index contributed by atoms with van der Waals surface area (Å²) >= 11 is 0. The number of hydrogen-bond acceptors (Lipinski definition) is 3. The van der Waals surface area contributed by atoms with Gasteiger partial charge >= 0.3 is 6.36 Å². The highest BCUT2D eigenvalue weighted by atomic mass is 19.4. The Kier molecular flexibility index (Phi) is 6.45. The minimum atomic E-state index is -5.18. The Bertz CT molecular complexity index is 805. The number of phenols is 1. The summed E-state index contributed by atoms with van der Waals surface area (Å²) in [5, 5.41) is 9.77. The molecule has 3 nitrogen and oxygen atoms in total. The maximum absolute atomic E-state index is 14.3. The highest BCUT2D eigenvalue weighted by molar-refractivity contribution is 5.72. The van der Waals surface area contributed by atoms with Crippen LogP contribution in [-0.2, 0) is 0 Å². The third-order valence-electron chi connectivity index (χ3n) is 3.65. The van der Waals surface area contributed by atoms with Crippen molar-refractivity contribution in [3.63, 3.8) is 0 Å². The highest BCUT2D eigenvalue weighted by Gasteiger charge is 2.33. The van der Waals surface area contributed by atoms with Crippen molar-refractivity contribution >= 4 is 0 Å². The van der Waals surface area contributed by atoms with Gasteiger partial charge in [0.15, 0.2) is 23.1 Å². The van der Waals surface area contributed by atoms with E-state index in [1.165, 1.54) is 0 Å². The lowest BCUT2D eigenvalue weighted by Crippen LogP contribution is -2.18. The number of aromatic hydroxyl groups is 1. The minimum absolute atomic E-state index is 0.174.